The monoisotopic (exact) mass is 179 g/mol. The van der Waals surface area contributed by atoms with Crippen molar-refractivity contribution in [2.45, 2.75) is 26.3 Å². The minimum atomic E-state index is -0.234. The third-order valence-corrected chi connectivity index (χ3v) is 1.30. The molecule has 0 spiro atoms. The van der Waals surface area contributed by atoms with Gasteiger partial charge in [0.1, 0.15) is 12.0 Å². The second-order valence-corrected chi connectivity index (χ2v) is 3.80. The normalized spacial score (nSPS) is 11.0. The Balaban J connectivity index is 2.71. The fourth-order valence-electron chi connectivity index (χ4n) is 0.830. The molecule has 1 amide bonds. The molecule has 1 aromatic rings. The van der Waals surface area contributed by atoms with Crippen molar-refractivity contribution in [1.82, 2.24) is 15.3 Å². The molecule has 0 aliphatic carbocycles. The van der Waals surface area contributed by atoms with Crippen LogP contribution in [0.5, 0.6) is 0 Å². The Morgan fingerprint density at radius 2 is 2.15 bits per heavy atom. The number of amides is 1. The predicted molar refractivity (Wildman–Crippen MR) is 49.3 cm³/mol. The maximum Gasteiger partial charge on any atom is 0.270 e. The van der Waals surface area contributed by atoms with E-state index in [9.17, 15) is 4.79 Å². The van der Waals surface area contributed by atoms with Gasteiger partial charge in [0.15, 0.2) is 0 Å². The van der Waals surface area contributed by atoms with E-state index in [-0.39, 0.29) is 11.4 Å². The lowest BCUT2D eigenvalue weighted by Crippen LogP contribution is -2.40. The SMILES string of the molecule is CC(C)(C)NC(=O)c1ccncn1. The molecule has 0 bridgehead atoms. The maximum absolute atomic E-state index is 11.5. The summed E-state index contributed by atoms with van der Waals surface area (Å²) in [6, 6.07) is 1.58. The first-order valence-electron chi connectivity index (χ1n) is 4.07. The van der Waals surface area contributed by atoms with E-state index < -0.39 is 0 Å². The highest BCUT2D eigenvalue weighted by Crippen LogP contribution is 2.01. The van der Waals surface area contributed by atoms with Gasteiger partial charge in [-0.1, -0.05) is 0 Å². The van der Waals surface area contributed by atoms with Gasteiger partial charge in [-0.15, -0.1) is 0 Å². The zero-order chi connectivity index (χ0) is 9.90. The minimum Gasteiger partial charge on any atom is -0.346 e. The van der Waals surface area contributed by atoms with E-state index >= 15 is 0 Å². The number of aromatic nitrogens is 2. The van der Waals surface area contributed by atoms with Crippen molar-refractivity contribution in [3.8, 4) is 0 Å². The molecule has 0 aliphatic heterocycles. The summed E-state index contributed by atoms with van der Waals surface area (Å²) in [4.78, 5) is 19.0. The zero-order valence-corrected chi connectivity index (χ0v) is 8.03. The van der Waals surface area contributed by atoms with E-state index in [1.807, 2.05) is 20.8 Å². The highest BCUT2D eigenvalue weighted by atomic mass is 16.2. The van der Waals surface area contributed by atoms with Crippen LogP contribution in [0.1, 0.15) is 31.3 Å². The topological polar surface area (TPSA) is 54.9 Å². The van der Waals surface area contributed by atoms with Crippen molar-refractivity contribution in [2.24, 2.45) is 0 Å². The Kier molecular flexibility index (Phi) is 2.60. The standard InChI is InChI=1S/C9H13N3O/c1-9(2,3)12-8(13)7-4-5-10-6-11-7/h4-6H,1-3H3,(H,12,13). The van der Waals surface area contributed by atoms with Crippen LogP contribution in [0, 0.1) is 0 Å². The summed E-state index contributed by atoms with van der Waals surface area (Å²) in [5.74, 6) is -0.171. The van der Waals surface area contributed by atoms with Gasteiger partial charge in [0.05, 0.1) is 0 Å². The van der Waals surface area contributed by atoms with Gasteiger partial charge in [-0.3, -0.25) is 4.79 Å². The Labute approximate surface area is 77.4 Å². The summed E-state index contributed by atoms with van der Waals surface area (Å²) in [5, 5.41) is 2.81. The van der Waals surface area contributed by atoms with Crippen LogP contribution in [0.2, 0.25) is 0 Å². The van der Waals surface area contributed by atoms with Crippen LogP contribution in [0.25, 0.3) is 0 Å². The molecule has 1 aromatic heterocycles. The lowest BCUT2D eigenvalue weighted by molar-refractivity contribution is 0.0914. The molecule has 0 aromatic carbocycles. The molecule has 4 heteroatoms. The lowest BCUT2D eigenvalue weighted by atomic mass is 10.1. The van der Waals surface area contributed by atoms with E-state index in [1.165, 1.54) is 6.33 Å². The van der Waals surface area contributed by atoms with Gasteiger partial charge in [-0.05, 0) is 26.8 Å². The summed E-state index contributed by atoms with van der Waals surface area (Å²) in [6.45, 7) is 5.77. The number of nitrogens with zero attached hydrogens (tertiary/aromatic N) is 2. The van der Waals surface area contributed by atoms with E-state index in [1.54, 1.807) is 12.3 Å². The Hall–Kier alpha value is -1.45. The van der Waals surface area contributed by atoms with E-state index in [4.69, 9.17) is 0 Å². The zero-order valence-electron chi connectivity index (χ0n) is 8.03. The third-order valence-electron chi connectivity index (χ3n) is 1.30. The molecule has 1 rings (SSSR count). The number of rotatable bonds is 1. The summed E-state index contributed by atoms with van der Waals surface area (Å²) >= 11 is 0. The molecule has 4 nitrogen and oxygen atoms in total. The smallest absolute Gasteiger partial charge is 0.270 e. The fourth-order valence-corrected chi connectivity index (χ4v) is 0.830. The van der Waals surface area contributed by atoms with Gasteiger partial charge in [-0.2, -0.15) is 0 Å². The molecule has 0 saturated heterocycles. The van der Waals surface area contributed by atoms with Crippen LogP contribution in [0.15, 0.2) is 18.6 Å². The van der Waals surface area contributed by atoms with Crippen LogP contribution in [0.4, 0.5) is 0 Å². The van der Waals surface area contributed by atoms with Crippen LogP contribution < -0.4 is 5.32 Å². The second-order valence-electron chi connectivity index (χ2n) is 3.80. The molecule has 0 saturated carbocycles. The van der Waals surface area contributed by atoms with Gasteiger partial charge >= 0.3 is 0 Å². The van der Waals surface area contributed by atoms with Crippen molar-refractivity contribution in [2.75, 3.05) is 0 Å². The van der Waals surface area contributed by atoms with Gasteiger partial charge < -0.3 is 5.32 Å². The van der Waals surface area contributed by atoms with Crippen LogP contribution in [-0.4, -0.2) is 21.4 Å². The summed E-state index contributed by atoms with van der Waals surface area (Å²) < 4.78 is 0. The van der Waals surface area contributed by atoms with Crippen molar-refractivity contribution in [1.29, 1.82) is 0 Å². The highest BCUT2D eigenvalue weighted by Gasteiger charge is 2.15. The molecule has 1 N–H and O–H groups in total. The lowest BCUT2D eigenvalue weighted by Gasteiger charge is -2.19. The third kappa shape index (κ3) is 3.19. The minimum absolute atomic E-state index is 0.171. The maximum atomic E-state index is 11.5. The molecule has 70 valence electrons. The van der Waals surface area contributed by atoms with Gasteiger partial charge in [-0.25, -0.2) is 9.97 Å². The molecule has 0 atom stereocenters. The predicted octanol–water partition coefficient (Wildman–Crippen LogP) is 1.00. The average Bonchev–Trinajstić information content (AvgIpc) is 2.03. The largest absolute Gasteiger partial charge is 0.346 e. The van der Waals surface area contributed by atoms with Crippen molar-refractivity contribution in [3.63, 3.8) is 0 Å². The number of nitrogens with one attached hydrogen (secondary N) is 1. The van der Waals surface area contributed by atoms with Gasteiger partial charge in [0.2, 0.25) is 0 Å². The number of hydrogen-bond acceptors (Lipinski definition) is 3. The van der Waals surface area contributed by atoms with E-state index in [0.29, 0.717) is 5.69 Å². The molecule has 0 aliphatic rings. The first-order valence-corrected chi connectivity index (χ1v) is 4.07. The Bertz CT molecular complexity index is 289. The first-order chi connectivity index (χ1) is 5.99. The van der Waals surface area contributed by atoms with Crippen LogP contribution in [0.3, 0.4) is 0 Å². The molecule has 1 heterocycles. The van der Waals surface area contributed by atoms with Crippen molar-refractivity contribution >= 4 is 5.91 Å². The first kappa shape index (κ1) is 9.64. The molecule has 0 unspecified atom stereocenters. The van der Waals surface area contributed by atoms with E-state index in [0.717, 1.165) is 0 Å². The van der Waals surface area contributed by atoms with Gasteiger partial charge in [0, 0.05) is 11.7 Å². The average molecular weight is 179 g/mol. The van der Waals surface area contributed by atoms with Crippen LogP contribution >= 0.6 is 0 Å². The Morgan fingerprint density at radius 3 is 2.62 bits per heavy atom. The molecular formula is C9H13N3O. The summed E-state index contributed by atoms with van der Waals surface area (Å²) in [7, 11) is 0. The quantitative estimate of drug-likeness (QED) is 0.699. The summed E-state index contributed by atoms with van der Waals surface area (Å²) in [5.41, 5.74) is 0.159. The number of hydrogen-bond donors (Lipinski definition) is 1. The fraction of sp³-hybridized carbons (Fsp3) is 0.444. The second kappa shape index (κ2) is 3.51. The number of carbonyl (C=O) groups is 1. The number of carbonyl (C=O) groups excluding carboxylic acids is 1. The van der Waals surface area contributed by atoms with Crippen molar-refractivity contribution < 1.29 is 4.79 Å². The summed E-state index contributed by atoms with van der Waals surface area (Å²) in [6.07, 6.45) is 2.90. The molecular weight excluding hydrogens is 166 g/mol. The molecule has 0 radical (unpaired) electrons. The van der Waals surface area contributed by atoms with Crippen molar-refractivity contribution in [3.05, 3.63) is 24.3 Å². The molecule has 13 heavy (non-hydrogen) atoms. The Morgan fingerprint density at radius 1 is 1.46 bits per heavy atom. The molecule has 0 fully saturated rings. The van der Waals surface area contributed by atoms with Gasteiger partial charge in [0.25, 0.3) is 5.91 Å². The van der Waals surface area contributed by atoms with Crippen LogP contribution in [-0.2, 0) is 0 Å². The van der Waals surface area contributed by atoms with E-state index in [2.05, 4.69) is 15.3 Å². The highest BCUT2D eigenvalue weighted by molar-refractivity contribution is 5.92.